The second-order valence-corrected chi connectivity index (χ2v) is 8.54. The van der Waals surface area contributed by atoms with Crippen LogP contribution in [-0.4, -0.2) is 47.8 Å². The van der Waals surface area contributed by atoms with Crippen LogP contribution in [0.25, 0.3) is 0 Å². The molecule has 0 aromatic heterocycles. The number of rotatable bonds is 3. The molecule has 1 fully saturated rings. The van der Waals surface area contributed by atoms with Gasteiger partial charge in [0.15, 0.2) is 11.9 Å². The number of esters is 1. The zero-order chi connectivity index (χ0) is 22.5. The first kappa shape index (κ1) is 25.0. The zero-order valence-electron chi connectivity index (χ0n) is 18.7. The number of non-ortho nitro benzene ring substituents is 1. The van der Waals surface area contributed by atoms with Gasteiger partial charge in [-0.1, -0.05) is 38.5 Å². The van der Waals surface area contributed by atoms with Crippen LogP contribution in [-0.2, 0) is 9.53 Å². The number of nitro benzene ring substituents is 1. The summed E-state index contributed by atoms with van der Waals surface area (Å²) in [4.78, 5) is 37.9. The summed E-state index contributed by atoms with van der Waals surface area (Å²) < 4.78 is 5.56. The van der Waals surface area contributed by atoms with E-state index < -0.39 is 17.0 Å². The fraction of sp³-hybridized carbons (Fsp3) is 0.667. The number of hydrogen-bond donors (Lipinski definition) is 0. The largest absolute Gasteiger partial charge is 0.451 e. The van der Waals surface area contributed by atoms with Gasteiger partial charge in [0.1, 0.15) is 0 Å². The van der Waals surface area contributed by atoms with E-state index in [-0.39, 0.29) is 17.0 Å². The molecule has 1 aliphatic rings. The lowest BCUT2D eigenvalue weighted by molar-refractivity contribution is -0.384. The van der Waals surface area contributed by atoms with Crippen molar-refractivity contribution in [1.82, 2.24) is 4.90 Å². The first-order valence-corrected chi connectivity index (χ1v) is 11.6. The van der Waals surface area contributed by atoms with E-state index >= 15 is 0 Å². The van der Waals surface area contributed by atoms with Crippen LogP contribution in [0, 0.1) is 10.1 Å². The minimum atomic E-state index is -0.732. The van der Waals surface area contributed by atoms with Crippen LogP contribution < -0.4 is 0 Å². The molecule has 0 radical (unpaired) electrons. The lowest BCUT2D eigenvalue weighted by Crippen LogP contribution is -2.27. The molecule has 0 saturated carbocycles. The number of benzene rings is 1. The molecular weight excluding hydrogens is 396 g/mol. The smallest absolute Gasteiger partial charge is 0.338 e. The molecule has 0 spiro atoms. The first-order valence-electron chi connectivity index (χ1n) is 11.6. The topological polar surface area (TPSA) is 89.8 Å². The Hall–Kier alpha value is -2.28. The Labute approximate surface area is 185 Å². The van der Waals surface area contributed by atoms with Gasteiger partial charge in [-0.15, -0.1) is 0 Å². The van der Waals surface area contributed by atoms with E-state index in [2.05, 4.69) is 11.9 Å². The van der Waals surface area contributed by atoms with Crippen LogP contribution >= 0.6 is 0 Å². The molecular formula is C24H36N2O5. The minimum Gasteiger partial charge on any atom is -0.451 e. The van der Waals surface area contributed by atoms with Gasteiger partial charge >= 0.3 is 5.97 Å². The SMILES string of the molecule is CN1CCCCCCCC(=O)[C@H](OC(=O)c2ccc([N+](=O)[O-])cc2)CCCCCCC1. The summed E-state index contributed by atoms with van der Waals surface area (Å²) in [5.41, 5.74) is 0.144. The molecule has 0 bridgehead atoms. The maximum absolute atomic E-state index is 12.7. The molecule has 0 aliphatic carbocycles. The Morgan fingerprint density at radius 2 is 1.48 bits per heavy atom. The third-order valence-electron chi connectivity index (χ3n) is 5.89. The van der Waals surface area contributed by atoms with Gasteiger partial charge in [0, 0.05) is 18.6 Å². The van der Waals surface area contributed by atoms with Gasteiger partial charge in [-0.3, -0.25) is 14.9 Å². The van der Waals surface area contributed by atoms with E-state index in [4.69, 9.17) is 4.74 Å². The molecule has 1 aromatic rings. The van der Waals surface area contributed by atoms with E-state index in [1.807, 2.05) is 0 Å². The van der Waals surface area contributed by atoms with E-state index in [1.165, 1.54) is 49.9 Å². The third-order valence-corrected chi connectivity index (χ3v) is 5.89. The summed E-state index contributed by atoms with van der Waals surface area (Å²) in [5, 5.41) is 10.8. The van der Waals surface area contributed by atoms with Crippen LogP contribution in [0.1, 0.15) is 87.4 Å². The molecule has 1 aromatic carbocycles. The van der Waals surface area contributed by atoms with Crippen LogP contribution in [0.2, 0.25) is 0 Å². The molecule has 1 heterocycles. The van der Waals surface area contributed by atoms with Crippen molar-refractivity contribution in [3.8, 4) is 0 Å². The maximum Gasteiger partial charge on any atom is 0.338 e. The number of carbonyl (C=O) groups excluding carboxylic acids is 2. The van der Waals surface area contributed by atoms with Crippen LogP contribution in [0.5, 0.6) is 0 Å². The number of nitrogens with zero attached hydrogens (tertiary/aromatic N) is 2. The number of ether oxygens (including phenoxy) is 1. The van der Waals surface area contributed by atoms with Gasteiger partial charge in [0.25, 0.3) is 5.69 Å². The fourth-order valence-corrected chi connectivity index (χ4v) is 3.93. The van der Waals surface area contributed by atoms with E-state index in [0.717, 1.165) is 51.6 Å². The number of ketones is 1. The van der Waals surface area contributed by atoms with Crippen molar-refractivity contribution in [2.24, 2.45) is 0 Å². The molecule has 0 N–H and O–H groups in total. The van der Waals surface area contributed by atoms with Crippen LogP contribution in [0.4, 0.5) is 5.69 Å². The van der Waals surface area contributed by atoms with Crippen molar-refractivity contribution < 1.29 is 19.2 Å². The van der Waals surface area contributed by atoms with E-state index in [0.29, 0.717) is 12.8 Å². The standard InChI is InChI=1S/C24H36N2O5/c1-25-18-10-6-2-4-8-12-22(27)23(13-9-5-3-7-11-19-25)31-24(28)20-14-16-21(17-15-20)26(29)30/h14-17,23H,2-13,18-19H2,1H3/t23-/m1/s1. The summed E-state index contributed by atoms with van der Waals surface area (Å²) in [6.07, 6.45) is 10.9. The summed E-state index contributed by atoms with van der Waals surface area (Å²) >= 11 is 0. The van der Waals surface area contributed by atoms with Crippen molar-refractivity contribution in [3.63, 3.8) is 0 Å². The molecule has 7 heteroatoms. The summed E-state index contributed by atoms with van der Waals surface area (Å²) in [6, 6.07) is 5.30. The van der Waals surface area contributed by atoms with Gasteiger partial charge in [0.2, 0.25) is 0 Å². The van der Waals surface area contributed by atoms with Crippen molar-refractivity contribution >= 4 is 17.4 Å². The molecule has 0 amide bonds. The second kappa shape index (κ2) is 13.9. The lowest BCUT2D eigenvalue weighted by atomic mass is 10.0. The predicted octanol–water partition coefficient (Wildman–Crippen LogP) is 5.32. The lowest BCUT2D eigenvalue weighted by Gasteiger charge is -2.17. The molecule has 172 valence electrons. The van der Waals surface area contributed by atoms with Crippen molar-refractivity contribution in [1.29, 1.82) is 0 Å². The molecule has 1 atom stereocenters. The number of nitro groups is 1. The number of carbonyl (C=O) groups is 2. The van der Waals surface area contributed by atoms with Gasteiger partial charge in [-0.2, -0.15) is 0 Å². The molecule has 2 rings (SSSR count). The Morgan fingerprint density at radius 3 is 2.10 bits per heavy atom. The normalized spacial score (nSPS) is 21.2. The fourth-order valence-electron chi connectivity index (χ4n) is 3.93. The van der Waals surface area contributed by atoms with Crippen molar-refractivity contribution in [3.05, 3.63) is 39.9 Å². The first-order chi connectivity index (χ1) is 15.0. The summed E-state index contributed by atoms with van der Waals surface area (Å²) in [6.45, 7) is 2.27. The number of Topliss-reactive ketones (excluding diaryl/α,β-unsaturated/α-hetero) is 1. The van der Waals surface area contributed by atoms with Gasteiger partial charge < -0.3 is 9.64 Å². The summed E-state index contributed by atoms with van der Waals surface area (Å²) in [5.74, 6) is -0.610. The average molecular weight is 433 g/mol. The highest BCUT2D eigenvalue weighted by atomic mass is 16.6. The van der Waals surface area contributed by atoms with Crippen LogP contribution in [0.3, 0.4) is 0 Å². The highest BCUT2D eigenvalue weighted by Gasteiger charge is 2.23. The molecule has 31 heavy (non-hydrogen) atoms. The Bertz CT molecular complexity index is 704. The zero-order valence-corrected chi connectivity index (χ0v) is 18.7. The maximum atomic E-state index is 12.7. The number of hydrogen-bond acceptors (Lipinski definition) is 6. The van der Waals surface area contributed by atoms with Crippen molar-refractivity contribution in [2.75, 3.05) is 20.1 Å². The van der Waals surface area contributed by atoms with Gasteiger partial charge in [-0.25, -0.2) is 4.79 Å². The van der Waals surface area contributed by atoms with Gasteiger partial charge in [-0.05, 0) is 64.4 Å². The van der Waals surface area contributed by atoms with E-state index in [9.17, 15) is 19.7 Å². The molecule has 7 nitrogen and oxygen atoms in total. The summed E-state index contributed by atoms with van der Waals surface area (Å²) in [7, 11) is 2.19. The van der Waals surface area contributed by atoms with E-state index in [1.54, 1.807) is 0 Å². The Balaban J connectivity index is 1.93. The average Bonchev–Trinajstić information content (AvgIpc) is 2.76. The molecule has 0 unspecified atom stereocenters. The minimum absolute atomic E-state index is 0.0145. The quantitative estimate of drug-likeness (QED) is 0.365. The second-order valence-electron chi connectivity index (χ2n) is 8.54. The van der Waals surface area contributed by atoms with Gasteiger partial charge in [0.05, 0.1) is 10.5 Å². The monoisotopic (exact) mass is 432 g/mol. The Morgan fingerprint density at radius 1 is 0.935 bits per heavy atom. The third kappa shape index (κ3) is 9.59. The molecule has 1 saturated heterocycles. The Kier molecular flexibility index (Phi) is 11.2. The highest BCUT2D eigenvalue weighted by molar-refractivity contribution is 5.93. The molecule has 1 aliphatic heterocycles. The van der Waals surface area contributed by atoms with Crippen molar-refractivity contribution in [2.45, 2.75) is 83.2 Å². The highest BCUT2D eigenvalue weighted by Crippen LogP contribution is 2.18. The predicted molar refractivity (Wildman–Crippen MR) is 120 cm³/mol. The van der Waals surface area contributed by atoms with Crippen LogP contribution in [0.15, 0.2) is 24.3 Å².